The Labute approximate surface area is 97.3 Å². The maximum absolute atomic E-state index is 12.4. The number of rotatable bonds is 2. The Morgan fingerprint density at radius 1 is 1.56 bits per heavy atom. The van der Waals surface area contributed by atoms with Crippen molar-refractivity contribution in [3.63, 3.8) is 0 Å². The number of morpholine rings is 1. The van der Waals surface area contributed by atoms with Crippen LogP contribution < -0.4 is 5.32 Å². The van der Waals surface area contributed by atoms with Gasteiger partial charge in [-0.3, -0.25) is 4.79 Å². The van der Waals surface area contributed by atoms with E-state index in [1.165, 1.54) is 0 Å². The topological polar surface area (TPSA) is 41.6 Å². The SMILES string of the molecule is CCC1COCCN1C(=O)C1CCNC1C. The maximum Gasteiger partial charge on any atom is 0.227 e. The molecule has 0 radical (unpaired) electrons. The van der Waals surface area contributed by atoms with Crippen molar-refractivity contribution in [2.75, 3.05) is 26.3 Å². The molecule has 1 N–H and O–H groups in total. The number of carbonyl (C=O) groups excluding carboxylic acids is 1. The average molecular weight is 226 g/mol. The van der Waals surface area contributed by atoms with Crippen LogP contribution in [0.3, 0.4) is 0 Å². The number of hydrogen-bond donors (Lipinski definition) is 1. The van der Waals surface area contributed by atoms with E-state index in [2.05, 4.69) is 19.2 Å². The van der Waals surface area contributed by atoms with Gasteiger partial charge >= 0.3 is 0 Å². The molecule has 2 aliphatic heterocycles. The normalized spacial score (nSPS) is 35.4. The number of nitrogens with zero attached hydrogens (tertiary/aromatic N) is 1. The molecule has 3 unspecified atom stereocenters. The fourth-order valence-corrected chi connectivity index (χ4v) is 2.69. The van der Waals surface area contributed by atoms with Crippen LogP contribution in [0.4, 0.5) is 0 Å². The lowest BCUT2D eigenvalue weighted by atomic mass is 9.98. The summed E-state index contributed by atoms with van der Waals surface area (Å²) < 4.78 is 5.43. The Kier molecular flexibility index (Phi) is 3.82. The molecule has 0 saturated carbocycles. The van der Waals surface area contributed by atoms with Crippen LogP contribution >= 0.6 is 0 Å². The van der Waals surface area contributed by atoms with Crippen LogP contribution in [0.2, 0.25) is 0 Å². The number of ether oxygens (including phenoxy) is 1. The summed E-state index contributed by atoms with van der Waals surface area (Å²) in [6.07, 6.45) is 1.97. The second-order valence-electron chi connectivity index (χ2n) is 4.81. The molecule has 1 amide bonds. The lowest BCUT2D eigenvalue weighted by molar-refractivity contribution is -0.144. The van der Waals surface area contributed by atoms with E-state index in [-0.39, 0.29) is 12.0 Å². The summed E-state index contributed by atoms with van der Waals surface area (Å²) in [5.41, 5.74) is 0. The standard InChI is InChI=1S/C12H22N2O2/c1-3-10-8-16-7-6-14(10)12(15)11-4-5-13-9(11)2/h9-11,13H,3-8H2,1-2H3. The summed E-state index contributed by atoms with van der Waals surface area (Å²) >= 11 is 0. The van der Waals surface area contributed by atoms with Gasteiger partial charge in [-0.25, -0.2) is 0 Å². The van der Waals surface area contributed by atoms with Crippen molar-refractivity contribution in [2.45, 2.75) is 38.8 Å². The first-order chi connectivity index (χ1) is 7.74. The number of nitrogens with one attached hydrogen (secondary N) is 1. The molecule has 0 spiro atoms. The predicted molar refractivity (Wildman–Crippen MR) is 62.2 cm³/mol. The highest BCUT2D eigenvalue weighted by atomic mass is 16.5. The zero-order valence-electron chi connectivity index (χ0n) is 10.2. The molecule has 4 nitrogen and oxygen atoms in total. The van der Waals surface area contributed by atoms with Crippen molar-refractivity contribution in [1.29, 1.82) is 0 Å². The van der Waals surface area contributed by atoms with Gasteiger partial charge in [-0.1, -0.05) is 6.92 Å². The van der Waals surface area contributed by atoms with E-state index in [1.807, 2.05) is 4.90 Å². The van der Waals surface area contributed by atoms with E-state index >= 15 is 0 Å². The molecule has 2 rings (SSSR count). The molecular formula is C12H22N2O2. The van der Waals surface area contributed by atoms with Crippen LogP contribution in [0.1, 0.15) is 26.7 Å². The minimum Gasteiger partial charge on any atom is -0.377 e. The number of carbonyl (C=O) groups is 1. The van der Waals surface area contributed by atoms with Crippen LogP contribution in [0.15, 0.2) is 0 Å². The number of hydrogen-bond acceptors (Lipinski definition) is 3. The van der Waals surface area contributed by atoms with Crippen molar-refractivity contribution in [3.8, 4) is 0 Å². The largest absolute Gasteiger partial charge is 0.377 e. The first-order valence-electron chi connectivity index (χ1n) is 6.35. The summed E-state index contributed by atoms with van der Waals surface area (Å²) in [6, 6.07) is 0.613. The van der Waals surface area contributed by atoms with E-state index in [9.17, 15) is 4.79 Å². The van der Waals surface area contributed by atoms with Crippen molar-refractivity contribution in [1.82, 2.24) is 10.2 Å². The van der Waals surface area contributed by atoms with E-state index in [1.54, 1.807) is 0 Å². The summed E-state index contributed by atoms with van der Waals surface area (Å²) in [5.74, 6) is 0.500. The summed E-state index contributed by atoms with van der Waals surface area (Å²) in [6.45, 7) is 7.36. The van der Waals surface area contributed by atoms with E-state index in [0.29, 0.717) is 25.2 Å². The highest BCUT2D eigenvalue weighted by Gasteiger charge is 2.35. The van der Waals surface area contributed by atoms with Gasteiger partial charge in [0.25, 0.3) is 0 Å². The fourth-order valence-electron chi connectivity index (χ4n) is 2.69. The van der Waals surface area contributed by atoms with E-state index in [4.69, 9.17) is 4.74 Å². The van der Waals surface area contributed by atoms with Crippen LogP contribution in [-0.2, 0) is 9.53 Å². The molecular weight excluding hydrogens is 204 g/mol. The van der Waals surface area contributed by atoms with Crippen molar-refractivity contribution in [3.05, 3.63) is 0 Å². The molecule has 2 saturated heterocycles. The third-order valence-corrected chi connectivity index (χ3v) is 3.82. The Morgan fingerprint density at radius 3 is 3.00 bits per heavy atom. The molecule has 92 valence electrons. The average Bonchev–Trinajstić information content (AvgIpc) is 2.74. The van der Waals surface area contributed by atoms with Gasteiger partial charge in [0.2, 0.25) is 5.91 Å². The summed E-state index contributed by atoms with van der Waals surface area (Å²) in [5, 5.41) is 3.34. The molecule has 2 heterocycles. The predicted octanol–water partition coefficient (Wildman–Crippen LogP) is 0.622. The maximum atomic E-state index is 12.4. The zero-order valence-corrected chi connectivity index (χ0v) is 10.2. The summed E-state index contributed by atoms with van der Waals surface area (Å²) in [4.78, 5) is 14.4. The minimum atomic E-state index is 0.173. The van der Waals surface area contributed by atoms with Gasteiger partial charge < -0.3 is 15.0 Å². The Bertz CT molecular complexity index is 257. The highest BCUT2D eigenvalue weighted by Crippen LogP contribution is 2.21. The Balaban J connectivity index is 2.01. The van der Waals surface area contributed by atoms with Crippen molar-refractivity contribution in [2.24, 2.45) is 5.92 Å². The first kappa shape index (κ1) is 11.9. The first-order valence-corrected chi connectivity index (χ1v) is 6.35. The Hall–Kier alpha value is -0.610. The second kappa shape index (κ2) is 5.15. The van der Waals surface area contributed by atoms with E-state index in [0.717, 1.165) is 25.9 Å². The Morgan fingerprint density at radius 2 is 2.38 bits per heavy atom. The van der Waals surface area contributed by atoms with Crippen LogP contribution in [-0.4, -0.2) is 49.2 Å². The van der Waals surface area contributed by atoms with Gasteiger partial charge in [0, 0.05) is 12.6 Å². The highest BCUT2D eigenvalue weighted by molar-refractivity contribution is 5.80. The van der Waals surface area contributed by atoms with Crippen LogP contribution in [0, 0.1) is 5.92 Å². The molecule has 0 aliphatic carbocycles. The van der Waals surface area contributed by atoms with Crippen molar-refractivity contribution >= 4 is 5.91 Å². The molecule has 0 bridgehead atoms. The third-order valence-electron chi connectivity index (χ3n) is 3.82. The monoisotopic (exact) mass is 226 g/mol. The number of amides is 1. The van der Waals surface area contributed by atoms with Crippen molar-refractivity contribution < 1.29 is 9.53 Å². The molecule has 2 aliphatic rings. The van der Waals surface area contributed by atoms with Gasteiger partial charge in [0.15, 0.2) is 0 Å². The molecule has 0 aromatic carbocycles. The molecule has 3 atom stereocenters. The second-order valence-corrected chi connectivity index (χ2v) is 4.81. The van der Waals surface area contributed by atoms with Crippen LogP contribution in [0.25, 0.3) is 0 Å². The van der Waals surface area contributed by atoms with Gasteiger partial charge in [0.05, 0.1) is 25.2 Å². The van der Waals surface area contributed by atoms with Gasteiger partial charge in [-0.15, -0.1) is 0 Å². The van der Waals surface area contributed by atoms with Gasteiger partial charge in [0.1, 0.15) is 0 Å². The quantitative estimate of drug-likeness (QED) is 0.750. The zero-order chi connectivity index (χ0) is 11.5. The molecule has 2 fully saturated rings. The fraction of sp³-hybridized carbons (Fsp3) is 0.917. The summed E-state index contributed by atoms with van der Waals surface area (Å²) in [7, 11) is 0. The third kappa shape index (κ3) is 2.23. The molecule has 0 aromatic heterocycles. The lowest BCUT2D eigenvalue weighted by Gasteiger charge is -2.37. The van der Waals surface area contributed by atoms with E-state index < -0.39 is 0 Å². The van der Waals surface area contributed by atoms with Gasteiger partial charge in [-0.2, -0.15) is 0 Å². The minimum absolute atomic E-state index is 0.173. The lowest BCUT2D eigenvalue weighted by Crippen LogP contribution is -2.51. The van der Waals surface area contributed by atoms with Gasteiger partial charge in [-0.05, 0) is 26.3 Å². The molecule has 0 aromatic rings. The molecule has 16 heavy (non-hydrogen) atoms. The molecule has 4 heteroatoms. The van der Waals surface area contributed by atoms with Crippen LogP contribution in [0.5, 0.6) is 0 Å². The smallest absolute Gasteiger partial charge is 0.227 e.